The lowest BCUT2D eigenvalue weighted by Crippen LogP contribution is -2.53. The van der Waals surface area contributed by atoms with Crippen molar-refractivity contribution in [1.82, 2.24) is 9.88 Å². The molecular weight excluding hydrogens is 369 g/mol. The minimum atomic E-state index is -0.797. The number of ether oxygens (including phenoxy) is 1. The van der Waals surface area contributed by atoms with Crippen molar-refractivity contribution in [2.45, 2.75) is 62.8 Å². The molecule has 7 heteroatoms. The van der Waals surface area contributed by atoms with Gasteiger partial charge in [0.25, 0.3) is 0 Å². The van der Waals surface area contributed by atoms with Crippen molar-refractivity contribution in [2.24, 2.45) is 22.4 Å². The molecule has 0 spiro atoms. The normalized spacial score (nSPS) is 31.8. The first-order chi connectivity index (χ1) is 13.9. The zero-order chi connectivity index (χ0) is 20.4. The fourth-order valence-corrected chi connectivity index (χ4v) is 4.88. The Hall–Kier alpha value is -1.99. The Morgan fingerprint density at radius 3 is 2.69 bits per heavy atom. The highest BCUT2D eigenvalue weighted by atomic mass is 19.1. The molecule has 3 unspecified atom stereocenters. The minimum Gasteiger partial charge on any atom is -0.489 e. The summed E-state index contributed by atoms with van der Waals surface area (Å²) in [6, 6.07) is 3.88. The standard InChI is InChI=1S/C22H32FN5O/c1-28-9-7-17(8-10-28)29-18-5-6-20(26-13-18)19-14-27-21(24)12-22(19,25)15-3-2-4-16(23)11-15/h5-6,13-17H,2-4,7-12,25H2,1H3,(H2,24,27). The molecule has 2 fully saturated rings. The predicted octanol–water partition coefficient (Wildman–Crippen LogP) is 2.88. The van der Waals surface area contributed by atoms with E-state index in [-0.39, 0.29) is 12.0 Å². The van der Waals surface area contributed by atoms with Crippen molar-refractivity contribution in [2.75, 3.05) is 20.1 Å². The van der Waals surface area contributed by atoms with Crippen LogP contribution >= 0.6 is 0 Å². The molecule has 29 heavy (non-hydrogen) atoms. The highest BCUT2D eigenvalue weighted by Crippen LogP contribution is 2.43. The molecule has 1 saturated carbocycles. The Balaban J connectivity index is 1.52. The van der Waals surface area contributed by atoms with Crippen LogP contribution in [0.1, 0.15) is 50.6 Å². The van der Waals surface area contributed by atoms with Crippen molar-refractivity contribution in [1.29, 1.82) is 0 Å². The fourth-order valence-electron chi connectivity index (χ4n) is 4.88. The van der Waals surface area contributed by atoms with Gasteiger partial charge in [0.05, 0.1) is 17.4 Å². The van der Waals surface area contributed by atoms with E-state index in [0.717, 1.165) is 55.8 Å². The molecule has 4 N–H and O–H groups in total. The van der Waals surface area contributed by atoms with Crippen molar-refractivity contribution < 1.29 is 9.13 Å². The number of hydrogen-bond acceptors (Lipinski definition) is 6. The Labute approximate surface area is 172 Å². The SMILES string of the molecule is CN1CCC(Oc2ccc(C3=CN=C(N)CC3(N)C3CCCC(F)C3)nc2)CC1. The number of nitrogens with two attached hydrogens (primary N) is 2. The van der Waals surface area contributed by atoms with Crippen LogP contribution in [-0.2, 0) is 0 Å². The van der Waals surface area contributed by atoms with Crippen LogP contribution in [-0.4, -0.2) is 53.7 Å². The maximum Gasteiger partial charge on any atom is 0.138 e. The zero-order valence-electron chi connectivity index (χ0n) is 17.2. The average molecular weight is 402 g/mol. The second-order valence-corrected chi connectivity index (χ2v) is 8.84. The van der Waals surface area contributed by atoms with Crippen LogP contribution in [0.4, 0.5) is 4.39 Å². The van der Waals surface area contributed by atoms with E-state index >= 15 is 0 Å². The lowest BCUT2D eigenvalue weighted by Gasteiger charge is -2.43. The van der Waals surface area contributed by atoms with Crippen LogP contribution in [0.2, 0.25) is 0 Å². The van der Waals surface area contributed by atoms with E-state index in [4.69, 9.17) is 16.2 Å². The number of rotatable bonds is 4. The molecule has 158 valence electrons. The van der Waals surface area contributed by atoms with E-state index < -0.39 is 11.7 Å². The second kappa shape index (κ2) is 8.40. The second-order valence-electron chi connectivity index (χ2n) is 8.84. The van der Waals surface area contributed by atoms with Crippen LogP contribution in [0.3, 0.4) is 0 Å². The largest absolute Gasteiger partial charge is 0.489 e. The number of nitrogens with zero attached hydrogens (tertiary/aromatic N) is 3. The third kappa shape index (κ3) is 4.46. The van der Waals surface area contributed by atoms with Gasteiger partial charge < -0.3 is 21.1 Å². The number of likely N-dealkylation sites (tertiary alicyclic amines) is 1. The highest BCUT2D eigenvalue weighted by molar-refractivity contribution is 5.90. The van der Waals surface area contributed by atoms with Gasteiger partial charge in [-0.25, -0.2) is 9.38 Å². The number of halogens is 1. The molecular formula is C22H32FN5O. The van der Waals surface area contributed by atoms with Crippen molar-refractivity contribution in [3.05, 3.63) is 30.2 Å². The minimum absolute atomic E-state index is 0.0310. The van der Waals surface area contributed by atoms with E-state index in [1.165, 1.54) is 0 Å². The summed E-state index contributed by atoms with van der Waals surface area (Å²) in [7, 11) is 2.14. The monoisotopic (exact) mass is 401 g/mol. The summed E-state index contributed by atoms with van der Waals surface area (Å²) in [5.74, 6) is 1.30. The third-order valence-electron chi connectivity index (χ3n) is 6.65. The molecule has 3 atom stereocenters. The number of piperidine rings is 1. The number of alkyl halides is 1. The first-order valence-electron chi connectivity index (χ1n) is 10.7. The number of aromatic nitrogens is 1. The van der Waals surface area contributed by atoms with Crippen LogP contribution in [0.25, 0.3) is 5.57 Å². The van der Waals surface area contributed by atoms with Gasteiger partial charge in [0, 0.05) is 31.3 Å². The van der Waals surface area contributed by atoms with Gasteiger partial charge in [-0.2, -0.15) is 0 Å². The lowest BCUT2D eigenvalue weighted by atomic mass is 9.67. The summed E-state index contributed by atoms with van der Waals surface area (Å²) >= 11 is 0. The van der Waals surface area contributed by atoms with Crippen molar-refractivity contribution in [3.8, 4) is 5.75 Å². The number of aliphatic imine (C=N–C) groups is 1. The summed E-state index contributed by atoms with van der Waals surface area (Å²) in [6.45, 7) is 2.10. The maximum absolute atomic E-state index is 14.1. The average Bonchev–Trinajstić information content (AvgIpc) is 2.71. The smallest absolute Gasteiger partial charge is 0.138 e. The molecule has 2 aliphatic heterocycles. The van der Waals surface area contributed by atoms with Crippen molar-refractivity contribution in [3.63, 3.8) is 0 Å². The maximum atomic E-state index is 14.1. The molecule has 1 aromatic heterocycles. The molecule has 3 aliphatic rings. The summed E-state index contributed by atoms with van der Waals surface area (Å²) in [5.41, 5.74) is 13.8. The molecule has 0 radical (unpaired) electrons. The highest BCUT2D eigenvalue weighted by Gasteiger charge is 2.44. The number of pyridine rings is 1. The van der Waals surface area contributed by atoms with Gasteiger partial charge >= 0.3 is 0 Å². The lowest BCUT2D eigenvalue weighted by molar-refractivity contribution is 0.114. The molecule has 3 heterocycles. The van der Waals surface area contributed by atoms with Gasteiger partial charge in [-0.05, 0) is 57.2 Å². The van der Waals surface area contributed by atoms with Gasteiger partial charge in [-0.15, -0.1) is 0 Å². The molecule has 0 amide bonds. The summed E-state index contributed by atoms with van der Waals surface area (Å²) in [6.07, 6.45) is 8.25. The predicted molar refractivity (Wildman–Crippen MR) is 113 cm³/mol. The van der Waals surface area contributed by atoms with E-state index in [1.807, 2.05) is 12.1 Å². The number of amidine groups is 1. The topological polar surface area (TPSA) is 89.8 Å². The summed E-state index contributed by atoms with van der Waals surface area (Å²) in [5, 5.41) is 0. The molecule has 6 nitrogen and oxygen atoms in total. The Morgan fingerprint density at radius 2 is 2.00 bits per heavy atom. The van der Waals surface area contributed by atoms with E-state index in [0.29, 0.717) is 25.1 Å². The number of hydrogen-bond donors (Lipinski definition) is 2. The van der Waals surface area contributed by atoms with Crippen LogP contribution in [0, 0.1) is 5.92 Å². The molecule has 4 rings (SSSR count). The Bertz CT molecular complexity index is 772. The Morgan fingerprint density at radius 1 is 1.21 bits per heavy atom. The van der Waals surface area contributed by atoms with Crippen LogP contribution in [0.15, 0.2) is 29.5 Å². The molecule has 0 aromatic carbocycles. The van der Waals surface area contributed by atoms with E-state index in [2.05, 4.69) is 21.9 Å². The molecule has 1 aromatic rings. The van der Waals surface area contributed by atoms with E-state index in [1.54, 1.807) is 12.4 Å². The molecule has 1 saturated heterocycles. The fraction of sp³-hybridized carbons (Fsp3) is 0.636. The van der Waals surface area contributed by atoms with E-state index in [9.17, 15) is 4.39 Å². The van der Waals surface area contributed by atoms with Gasteiger partial charge in [0.15, 0.2) is 0 Å². The first-order valence-corrected chi connectivity index (χ1v) is 10.7. The first kappa shape index (κ1) is 20.3. The van der Waals surface area contributed by atoms with Crippen LogP contribution in [0.5, 0.6) is 5.75 Å². The third-order valence-corrected chi connectivity index (χ3v) is 6.65. The Kier molecular flexibility index (Phi) is 5.88. The van der Waals surface area contributed by atoms with Gasteiger partial charge in [-0.1, -0.05) is 6.42 Å². The summed E-state index contributed by atoms with van der Waals surface area (Å²) in [4.78, 5) is 11.2. The molecule has 1 aliphatic carbocycles. The van der Waals surface area contributed by atoms with Gasteiger partial charge in [0.2, 0.25) is 0 Å². The quantitative estimate of drug-likeness (QED) is 0.810. The zero-order valence-corrected chi connectivity index (χ0v) is 17.2. The van der Waals surface area contributed by atoms with Gasteiger partial charge in [0.1, 0.15) is 23.9 Å². The van der Waals surface area contributed by atoms with Crippen LogP contribution < -0.4 is 16.2 Å². The van der Waals surface area contributed by atoms with Crippen molar-refractivity contribution >= 4 is 11.4 Å². The van der Waals surface area contributed by atoms with Gasteiger partial charge in [-0.3, -0.25) is 4.98 Å². The molecule has 0 bridgehead atoms. The summed E-state index contributed by atoms with van der Waals surface area (Å²) < 4.78 is 20.2.